The van der Waals surface area contributed by atoms with Crippen molar-refractivity contribution >= 4 is 5.78 Å². The number of hydrogen-bond acceptors (Lipinski definition) is 3. The minimum absolute atomic E-state index is 0.200. The number of carbonyl (C=O) groups excluding carboxylic acids is 1. The molecule has 3 heteroatoms. The van der Waals surface area contributed by atoms with E-state index in [0.717, 1.165) is 24.1 Å². The fourth-order valence-electron chi connectivity index (χ4n) is 1.98. The summed E-state index contributed by atoms with van der Waals surface area (Å²) in [6.07, 6.45) is 6.33. The molecule has 0 aromatic carbocycles. The van der Waals surface area contributed by atoms with Crippen LogP contribution in [0.5, 0.6) is 0 Å². The number of rotatable bonds is 3. The molecule has 0 spiro atoms. The van der Waals surface area contributed by atoms with Gasteiger partial charge in [-0.15, -0.1) is 0 Å². The molecule has 0 aliphatic carbocycles. The van der Waals surface area contributed by atoms with Crippen LogP contribution in [0.1, 0.15) is 35.2 Å². The lowest BCUT2D eigenvalue weighted by atomic mass is 10.0. The van der Waals surface area contributed by atoms with Crippen LogP contribution in [0.2, 0.25) is 0 Å². The number of Topliss-reactive ketones (excluding diaryl/α,β-unsaturated/α-hetero) is 1. The number of nitrogens with zero attached hydrogens (tertiary/aromatic N) is 1. The average molecular weight is 204 g/mol. The molecule has 1 atom stereocenters. The van der Waals surface area contributed by atoms with Crippen LogP contribution in [-0.4, -0.2) is 23.4 Å². The molecule has 1 aromatic heterocycles. The summed E-state index contributed by atoms with van der Waals surface area (Å²) in [4.78, 5) is 15.9. The summed E-state index contributed by atoms with van der Waals surface area (Å²) < 4.78 is 0. The average Bonchev–Trinajstić information content (AvgIpc) is 2.70. The van der Waals surface area contributed by atoms with Gasteiger partial charge in [-0.25, -0.2) is 0 Å². The zero-order valence-electron chi connectivity index (χ0n) is 8.99. The number of carbonyl (C=O) groups is 1. The van der Waals surface area contributed by atoms with E-state index in [1.165, 1.54) is 6.42 Å². The van der Waals surface area contributed by atoms with Gasteiger partial charge in [0, 0.05) is 30.4 Å². The van der Waals surface area contributed by atoms with Crippen LogP contribution in [0.4, 0.5) is 0 Å². The lowest BCUT2D eigenvalue weighted by Gasteiger charge is -2.08. The van der Waals surface area contributed by atoms with Gasteiger partial charge in [0.05, 0.1) is 0 Å². The summed E-state index contributed by atoms with van der Waals surface area (Å²) in [5, 5.41) is 3.33. The van der Waals surface area contributed by atoms with Crippen LogP contribution < -0.4 is 5.32 Å². The Kier molecular flexibility index (Phi) is 3.11. The third kappa shape index (κ3) is 2.63. The van der Waals surface area contributed by atoms with Crippen LogP contribution in [-0.2, 0) is 0 Å². The van der Waals surface area contributed by atoms with Crippen molar-refractivity contribution in [3.8, 4) is 0 Å². The van der Waals surface area contributed by atoms with Crippen molar-refractivity contribution in [1.82, 2.24) is 10.3 Å². The Labute approximate surface area is 89.9 Å². The van der Waals surface area contributed by atoms with Crippen molar-refractivity contribution in [2.75, 3.05) is 6.54 Å². The van der Waals surface area contributed by atoms with Gasteiger partial charge in [0.25, 0.3) is 0 Å². The largest absolute Gasteiger partial charge is 0.314 e. The Morgan fingerprint density at radius 2 is 2.47 bits per heavy atom. The first-order valence-electron chi connectivity index (χ1n) is 5.44. The first kappa shape index (κ1) is 10.3. The fraction of sp³-hybridized carbons (Fsp3) is 0.500. The molecule has 2 rings (SSSR count). The molecule has 1 saturated heterocycles. The van der Waals surface area contributed by atoms with E-state index in [-0.39, 0.29) is 5.78 Å². The molecule has 1 fully saturated rings. The molecule has 0 saturated carbocycles. The molecular weight excluding hydrogens is 188 g/mol. The Hall–Kier alpha value is -1.22. The van der Waals surface area contributed by atoms with Gasteiger partial charge in [-0.1, -0.05) is 0 Å². The molecule has 2 heterocycles. The van der Waals surface area contributed by atoms with E-state index in [9.17, 15) is 4.79 Å². The smallest absolute Gasteiger partial charge is 0.165 e. The molecule has 80 valence electrons. The zero-order chi connectivity index (χ0) is 10.7. The van der Waals surface area contributed by atoms with E-state index in [2.05, 4.69) is 10.3 Å². The van der Waals surface area contributed by atoms with E-state index in [1.807, 2.05) is 13.0 Å². The number of aromatic nitrogens is 1. The van der Waals surface area contributed by atoms with Gasteiger partial charge in [0.2, 0.25) is 0 Å². The lowest BCUT2D eigenvalue weighted by Crippen LogP contribution is -2.24. The number of aryl methyl sites for hydroxylation is 1. The number of pyridine rings is 1. The van der Waals surface area contributed by atoms with Crippen LogP contribution in [0.15, 0.2) is 18.5 Å². The van der Waals surface area contributed by atoms with Crippen LogP contribution >= 0.6 is 0 Å². The van der Waals surface area contributed by atoms with Gasteiger partial charge in [0.1, 0.15) is 0 Å². The van der Waals surface area contributed by atoms with Crippen molar-refractivity contribution in [3.05, 3.63) is 29.6 Å². The van der Waals surface area contributed by atoms with Gasteiger partial charge >= 0.3 is 0 Å². The molecule has 15 heavy (non-hydrogen) atoms. The van der Waals surface area contributed by atoms with E-state index < -0.39 is 0 Å². The van der Waals surface area contributed by atoms with Crippen LogP contribution in [0.3, 0.4) is 0 Å². The van der Waals surface area contributed by atoms with E-state index in [1.54, 1.807) is 12.4 Å². The Bertz CT molecular complexity index is 356. The van der Waals surface area contributed by atoms with Crippen molar-refractivity contribution in [2.45, 2.75) is 32.2 Å². The summed E-state index contributed by atoms with van der Waals surface area (Å²) in [6.45, 7) is 3.00. The summed E-state index contributed by atoms with van der Waals surface area (Å²) >= 11 is 0. The molecule has 0 amide bonds. The van der Waals surface area contributed by atoms with Crippen molar-refractivity contribution in [1.29, 1.82) is 0 Å². The first-order valence-corrected chi connectivity index (χ1v) is 5.44. The predicted molar refractivity (Wildman–Crippen MR) is 58.9 cm³/mol. The molecule has 1 N–H and O–H groups in total. The van der Waals surface area contributed by atoms with Crippen LogP contribution in [0, 0.1) is 6.92 Å². The Morgan fingerprint density at radius 3 is 3.13 bits per heavy atom. The maximum atomic E-state index is 11.9. The zero-order valence-corrected chi connectivity index (χ0v) is 8.99. The first-order chi connectivity index (χ1) is 7.25. The van der Waals surface area contributed by atoms with Crippen molar-refractivity contribution in [3.63, 3.8) is 0 Å². The minimum Gasteiger partial charge on any atom is -0.314 e. The maximum absolute atomic E-state index is 11.9. The quantitative estimate of drug-likeness (QED) is 0.762. The van der Waals surface area contributed by atoms with Gasteiger partial charge in [-0.3, -0.25) is 9.78 Å². The normalized spacial score (nSPS) is 20.5. The van der Waals surface area contributed by atoms with E-state index in [0.29, 0.717) is 12.5 Å². The molecule has 1 aromatic rings. The van der Waals surface area contributed by atoms with Gasteiger partial charge < -0.3 is 5.32 Å². The molecule has 1 aliphatic rings. The molecular formula is C12H16N2O. The predicted octanol–water partition coefficient (Wildman–Crippen LogP) is 1.71. The topological polar surface area (TPSA) is 42.0 Å². The van der Waals surface area contributed by atoms with E-state index >= 15 is 0 Å². The highest BCUT2D eigenvalue weighted by atomic mass is 16.1. The third-order valence-electron chi connectivity index (χ3n) is 2.79. The number of ketones is 1. The fourth-order valence-corrected chi connectivity index (χ4v) is 1.98. The highest BCUT2D eigenvalue weighted by molar-refractivity contribution is 5.96. The SMILES string of the molecule is Cc1cncc(C(=O)CC2CCCN2)c1. The second kappa shape index (κ2) is 4.53. The standard InChI is InChI=1S/C12H16N2O/c1-9-5-10(8-13-7-9)12(15)6-11-3-2-4-14-11/h5,7-8,11,14H,2-4,6H2,1H3. The molecule has 0 bridgehead atoms. The molecule has 1 aliphatic heterocycles. The van der Waals surface area contributed by atoms with Crippen LogP contribution in [0.25, 0.3) is 0 Å². The van der Waals surface area contributed by atoms with E-state index in [4.69, 9.17) is 0 Å². The molecule has 1 unspecified atom stereocenters. The number of nitrogens with one attached hydrogen (secondary N) is 1. The number of hydrogen-bond donors (Lipinski definition) is 1. The minimum atomic E-state index is 0.200. The van der Waals surface area contributed by atoms with Gasteiger partial charge in [0.15, 0.2) is 5.78 Å². The monoisotopic (exact) mass is 204 g/mol. The molecule has 0 radical (unpaired) electrons. The highest BCUT2D eigenvalue weighted by Gasteiger charge is 2.18. The Balaban J connectivity index is 2.01. The van der Waals surface area contributed by atoms with Gasteiger partial charge in [-0.2, -0.15) is 0 Å². The van der Waals surface area contributed by atoms with Crippen molar-refractivity contribution in [2.24, 2.45) is 0 Å². The summed E-state index contributed by atoms with van der Waals surface area (Å²) in [5.41, 5.74) is 1.78. The highest BCUT2D eigenvalue weighted by Crippen LogP contribution is 2.13. The van der Waals surface area contributed by atoms with Crippen molar-refractivity contribution < 1.29 is 4.79 Å². The summed E-state index contributed by atoms with van der Waals surface area (Å²) in [7, 11) is 0. The second-order valence-corrected chi connectivity index (χ2v) is 4.17. The second-order valence-electron chi connectivity index (χ2n) is 4.17. The summed E-state index contributed by atoms with van der Waals surface area (Å²) in [5.74, 6) is 0.200. The maximum Gasteiger partial charge on any atom is 0.165 e. The third-order valence-corrected chi connectivity index (χ3v) is 2.79. The lowest BCUT2D eigenvalue weighted by molar-refractivity contribution is 0.0971. The van der Waals surface area contributed by atoms with Gasteiger partial charge in [-0.05, 0) is 37.9 Å². The summed E-state index contributed by atoms with van der Waals surface area (Å²) in [6, 6.07) is 2.28. The molecule has 3 nitrogen and oxygen atoms in total. The Morgan fingerprint density at radius 1 is 1.60 bits per heavy atom.